The van der Waals surface area contributed by atoms with E-state index in [4.69, 9.17) is 0 Å². The van der Waals surface area contributed by atoms with Crippen LogP contribution < -0.4 is 10.6 Å². The highest BCUT2D eigenvalue weighted by atomic mass is 16.2. The van der Waals surface area contributed by atoms with Gasteiger partial charge in [0.1, 0.15) is 0 Å². The molecular formula is C19H21N3O2. The highest BCUT2D eigenvalue weighted by Gasteiger charge is 2.17. The van der Waals surface area contributed by atoms with Crippen LogP contribution >= 0.6 is 0 Å². The molecule has 0 saturated heterocycles. The van der Waals surface area contributed by atoms with Crippen LogP contribution in [0.3, 0.4) is 0 Å². The van der Waals surface area contributed by atoms with Crippen molar-refractivity contribution in [3.8, 4) is 0 Å². The SMILES string of the molecule is Cc1cnccc1CC(=O)N[C@H](C)c1ccc2c(c1)CCC(=O)N2. The third-order valence-electron chi connectivity index (χ3n) is 4.39. The molecule has 0 fully saturated rings. The summed E-state index contributed by atoms with van der Waals surface area (Å²) in [5.41, 5.74) is 5.05. The van der Waals surface area contributed by atoms with Crippen molar-refractivity contribution >= 4 is 17.5 Å². The summed E-state index contributed by atoms with van der Waals surface area (Å²) in [4.78, 5) is 27.8. The van der Waals surface area contributed by atoms with Crippen molar-refractivity contribution in [2.75, 3.05) is 5.32 Å². The molecule has 2 heterocycles. The van der Waals surface area contributed by atoms with Crippen LogP contribution in [0.2, 0.25) is 0 Å². The third-order valence-corrected chi connectivity index (χ3v) is 4.39. The van der Waals surface area contributed by atoms with Gasteiger partial charge in [0, 0.05) is 24.5 Å². The minimum Gasteiger partial charge on any atom is -0.349 e. The number of nitrogens with one attached hydrogen (secondary N) is 2. The summed E-state index contributed by atoms with van der Waals surface area (Å²) in [7, 11) is 0. The number of benzene rings is 1. The van der Waals surface area contributed by atoms with Crippen LogP contribution in [0.1, 0.15) is 41.6 Å². The second-order valence-corrected chi connectivity index (χ2v) is 6.23. The average molecular weight is 323 g/mol. The van der Waals surface area contributed by atoms with Crippen LogP contribution in [-0.2, 0) is 22.4 Å². The van der Waals surface area contributed by atoms with Crippen LogP contribution in [0, 0.1) is 6.92 Å². The molecule has 1 aliphatic rings. The van der Waals surface area contributed by atoms with Gasteiger partial charge in [-0.15, -0.1) is 0 Å². The number of carbonyl (C=O) groups is 2. The zero-order valence-electron chi connectivity index (χ0n) is 13.9. The van der Waals surface area contributed by atoms with Crippen molar-refractivity contribution in [1.82, 2.24) is 10.3 Å². The van der Waals surface area contributed by atoms with Crippen molar-refractivity contribution in [2.45, 2.75) is 39.2 Å². The molecule has 3 rings (SSSR count). The fourth-order valence-electron chi connectivity index (χ4n) is 2.92. The van der Waals surface area contributed by atoms with Crippen molar-refractivity contribution in [2.24, 2.45) is 0 Å². The second-order valence-electron chi connectivity index (χ2n) is 6.23. The zero-order valence-corrected chi connectivity index (χ0v) is 13.9. The summed E-state index contributed by atoms with van der Waals surface area (Å²) in [6.07, 6.45) is 5.07. The quantitative estimate of drug-likeness (QED) is 0.909. The van der Waals surface area contributed by atoms with Crippen LogP contribution in [0.25, 0.3) is 0 Å². The first-order chi connectivity index (χ1) is 11.5. The number of anilines is 1. The van der Waals surface area contributed by atoms with Crippen molar-refractivity contribution in [1.29, 1.82) is 0 Å². The number of aryl methyl sites for hydroxylation is 2. The molecule has 2 N–H and O–H groups in total. The van der Waals surface area contributed by atoms with Crippen molar-refractivity contribution in [3.05, 3.63) is 58.9 Å². The van der Waals surface area contributed by atoms with Crippen LogP contribution in [0.5, 0.6) is 0 Å². The second kappa shape index (κ2) is 6.83. The van der Waals surface area contributed by atoms with Crippen molar-refractivity contribution < 1.29 is 9.59 Å². The summed E-state index contributed by atoms with van der Waals surface area (Å²) >= 11 is 0. The van der Waals surface area contributed by atoms with Gasteiger partial charge in [0.15, 0.2) is 0 Å². The van der Waals surface area contributed by atoms with Gasteiger partial charge >= 0.3 is 0 Å². The zero-order chi connectivity index (χ0) is 17.1. The van der Waals surface area contributed by atoms with Crippen molar-refractivity contribution in [3.63, 3.8) is 0 Å². The molecule has 1 atom stereocenters. The summed E-state index contributed by atoms with van der Waals surface area (Å²) in [6, 6.07) is 7.73. The first kappa shape index (κ1) is 16.2. The molecule has 0 spiro atoms. The fourth-order valence-corrected chi connectivity index (χ4v) is 2.92. The van der Waals surface area contributed by atoms with Gasteiger partial charge in [0.25, 0.3) is 0 Å². The Morgan fingerprint density at radius 3 is 2.96 bits per heavy atom. The molecule has 0 bridgehead atoms. The molecule has 0 saturated carbocycles. The number of hydrogen-bond acceptors (Lipinski definition) is 3. The van der Waals surface area contributed by atoms with E-state index in [1.165, 1.54) is 0 Å². The Labute approximate surface area is 141 Å². The highest BCUT2D eigenvalue weighted by Crippen LogP contribution is 2.26. The number of amides is 2. The Morgan fingerprint density at radius 1 is 1.33 bits per heavy atom. The third kappa shape index (κ3) is 3.62. The number of carbonyl (C=O) groups excluding carboxylic acids is 2. The maximum atomic E-state index is 12.3. The van der Waals surface area contributed by atoms with E-state index in [0.29, 0.717) is 12.8 Å². The summed E-state index contributed by atoms with van der Waals surface area (Å²) < 4.78 is 0. The average Bonchev–Trinajstić information content (AvgIpc) is 2.56. The van der Waals surface area contributed by atoms with Gasteiger partial charge in [-0.25, -0.2) is 0 Å². The fraction of sp³-hybridized carbons (Fsp3) is 0.316. The minimum atomic E-state index is -0.0810. The lowest BCUT2D eigenvalue weighted by Gasteiger charge is -2.20. The lowest BCUT2D eigenvalue weighted by Crippen LogP contribution is -2.28. The smallest absolute Gasteiger partial charge is 0.224 e. The van der Waals surface area contributed by atoms with E-state index < -0.39 is 0 Å². The largest absolute Gasteiger partial charge is 0.349 e. The standard InChI is InChI=1S/C19H21N3O2/c1-12-11-20-8-7-14(12)10-19(24)21-13(2)15-3-5-17-16(9-15)4-6-18(23)22-17/h3,5,7-9,11,13H,4,6,10H2,1-2H3,(H,21,24)(H,22,23)/t13-/m1/s1. The van der Waals surface area contributed by atoms with E-state index in [0.717, 1.165) is 34.4 Å². The van der Waals surface area contributed by atoms with Crippen LogP contribution in [-0.4, -0.2) is 16.8 Å². The molecule has 0 radical (unpaired) electrons. The van der Waals surface area contributed by atoms with Gasteiger partial charge in [-0.05, 0) is 54.7 Å². The van der Waals surface area contributed by atoms with Gasteiger partial charge < -0.3 is 10.6 Å². The van der Waals surface area contributed by atoms with Crippen LogP contribution in [0.4, 0.5) is 5.69 Å². The molecule has 2 aromatic rings. The molecule has 2 amide bonds. The Morgan fingerprint density at radius 2 is 2.17 bits per heavy atom. The monoisotopic (exact) mass is 323 g/mol. The Hall–Kier alpha value is -2.69. The topological polar surface area (TPSA) is 71.1 Å². The Bertz CT molecular complexity index is 786. The summed E-state index contributed by atoms with van der Waals surface area (Å²) in [5.74, 6) is 0.0483. The van der Waals surface area contributed by atoms with Gasteiger partial charge in [-0.2, -0.15) is 0 Å². The minimum absolute atomic E-state index is 0.0113. The van der Waals surface area contributed by atoms with Gasteiger partial charge in [-0.3, -0.25) is 14.6 Å². The Kier molecular flexibility index (Phi) is 4.60. The first-order valence-electron chi connectivity index (χ1n) is 8.14. The van der Waals surface area contributed by atoms with E-state index in [2.05, 4.69) is 21.7 Å². The molecule has 1 aliphatic heterocycles. The molecule has 124 valence electrons. The van der Waals surface area contributed by atoms with Crippen LogP contribution in [0.15, 0.2) is 36.7 Å². The number of fused-ring (bicyclic) bond motifs is 1. The molecule has 5 nitrogen and oxygen atoms in total. The predicted molar refractivity (Wildman–Crippen MR) is 92.6 cm³/mol. The van der Waals surface area contributed by atoms with E-state index >= 15 is 0 Å². The number of rotatable bonds is 4. The molecule has 1 aromatic heterocycles. The summed E-state index contributed by atoms with van der Waals surface area (Å²) in [5, 5.41) is 5.91. The molecule has 0 unspecified atom stereocenters. The predicted octanol–water partition coefficient (Wildman–Crippen LogP) is 2.69. The molecular weight excluding hydrogens is 302 g/mol. The normalized spacial score (nSPS) is 14.5. The summed E-state index contributed by atoms with van der Waals surface area (Å²) in [6.45, 7) is 3.93. The maximum Gasteiger partial charge on any atom is 0.224 e. The molecule has 1 aromatic carbocycles. The van der Waals surface area contributed by atoms with Gasteiger partial charge in [0.05, 0.1) is 12.5 Å². The van der Waals surface area contributed by atoms with E-state index in [-0.39, 0.29) is 17.9 Å². The molecule has 24 heavy (non-hydrogen) atoms. The lowest BCUT2D eigenvalue weighted by molar-refractivity contribution is -0.121. The number of nitrogens with zero attached hydrogens (tertiary/aromatic N) is 1. The Balaban J connectivity index is 1.66. The first-order valence-corrected chi connectivity index (χ1v) is 8.14. The lowest BCUT2D eigenvalue weighted by atomic mass is 9.97. The maximum absolute atomic E-state index is 12.3. The molecule has 0 aliphatic carbocycles. The van der Waals surface area contributed by atoms with Gasteiger partial charge in [0.2, 0.25) is 11.8 Å². The van der Waals surface area contributed by atoms with Gasteiger partial charge in [-0.1, -0.05) is 12.1 Å². The van der Waals surface area contributed by atoms with E-state index in [1.54, 1.807) is 12.4 Å². The van der Waals surface area contributed by atoms with E-state index in [1.807, 2.05) is 32.0 Å². The number of aromatic nitrogens is 1. The molecule has 5 heteroatoms. The van der Waals surface area contributed by atoms with E-state index in [9.17, 15) is 9.59 Å². The number of hydrogen-bond donors (Lipinski definition) is 2. The number of pyridine rings is 1. The highest BCUT2D eigenvalue weighted by molar-refractivity contribution is 5.93.